The molecule has 6 heteroatoms. The lowest BCUT2D eigenvalue weighted by atomic mass is 10.0. The Morgan fingerprint density at radius 1 is 1.61 bits per heavy atom. The van der Waals surface area contributed by atoms with E-state index >= 15 is 0 Å². The number of nitrogens with two attached hydrogens (primary N) is 1. The second-order valence-corrected chi connectivity index (χ2v) is 5.42. The molecule has 1 aliphatic heterocycles. The van der Waals surface area contributed by atoms with Crippen molar-refractivity contribution in [1.29, 1.82) is 0 Å². The van der Waals surface area contributed by atoms with Crippen molar-refractivity contribution in [1.82, 2.24) is 10.2 Å². The number of carbonyl (C=O) groups excluding carboxylic acids is 2. The van der Waals surface area contributed by atoms with Crippen molar-refractivity contribution in [3.8, 4) is 0 Å². The van der Waals surface area contributed by atoms with E-state index in [2.05, 4.69) is 28.6 Å². The summed E-state index contributed by atoms with van der Waals surface area (Å²) < 4.78 is 0. The van der Waals surface area contributed by atoms with E-state index in [0.717, 1.165) is 13.0 Å². The molecule has 0 spiro atoms. The molecule has 0 aromatic carbocycles. The highest BCUT2D eigenvalue weighted by molar-refractivity contribution is 7.10. The van der Waals surface area contributed by atoms with Crippen LogP contribution in [0.15, 0.2) is 11.4 Å². The minimum Gasteiger partial charge on any atom is -0.351 e. The van der Waals surface area contributed by atoms with E-state index < -0.39 is 6.03 Å². The standard InChI is InChI=1S/C12H17N3O2S/c1-8-9-4-7-18-10(9)2-5-15(8)6-3-11(16)14-12(13)17/h4,7-8H,2-3,5-6H2,1H3,(H3,13,14,16,17)/t8-/m0/s1. The SMILES string of the molecule is C[C@H]1c2ccsc2CCN1CCC(=O)NC(N)=O. The van der Waals surface area contributed by atoms with Crippen LogP contribution in [0.5, 0.6) is 0 Å². The van der Waals surface area contributed by atoms with Crippen LogP contribution in [0, 0.1) is 0 Å². The lowest BCUT2D eigenvalue weighted by Gasteiger charge is -2.33. The van der Waals surface area contributed by atoms with Gasteiger partial charge < -0.3 is 5.73 Å². The van der Waals surface area contributed by atoms with Crippen LogP contribution < -0.4 is 11.1 Å². The topological polar surface area (TPSA) is 75.4 Å². The maximum Gasteiger partial charge on any atom is 0.318 e. The molecule has 0 unspecified atom stereocenters. The molecule has 0 fully saturated rings. The van der Waals surface area contributed by atoms with E-state index in [4.69, 9.17) is 5.73 Å². The van der Waals surface area contributed by atoms with Gasteiger partial charge in [0.05, 0.1) is 0 Å². The minimum atomic E-state index is -0.785. The van der Waals surface area contributed by atoms with Gasteiger partial charge in [-0.3, -0.25) is 15.0 Å². The van der Waals surface area contributed by atoms with Crippen LogP contribution in [-0.2, 0) is 11.2 Å². The predicted molar refractivity (Wildman–Crippen MR) is 70.4 cm³/mol. The fourth-order valence-electron chi connectivity index (χ4n) is 2.31. The smallest absolute Gasteiger partial charge is 0.318 e. The Kier molecular flexibility index (Phi) is 3.98. The summed E-state index contributed by atoms with van der Waals surface area (Å²) in [6.07, 6.45) is 1.33. The molecule has 1 aliphatic rings. The molecule has 3 N–H and O–H groups in total. The molecule has 1 aromatic rings. The summed E-state index contributed by atoms with van der Waals surface area (Å²) in [5.74, 6) is -0.314. The summed E-state index contributed by atoms with van der Waals surface area (Å²) in [6, 6.07) is 1.70. The Hall–Kier alpha value is -1.40. The zero-order chi connectivity index (χ0) is 13.1. The third kappa shape index (κ3) is 2.88. The first-order valence-electron chi connectivity index (χ1n) is 5.97. The molecule has 5 nitrogen and oxygen atoms in total. The Morgan fingerprint density at radius 2 is 2.39 bits per heavy atom. The Morgan fingerprint density at radius 3 is 3.11 bits per heavy atom. The van der Waals surface area contributed by atoms with Gasteiger partial charge in [-0.15, -0.1) is 11.3 Å². The van der Waals surface area contributed by atoms with Gasteiger partial charge in [-0.05, 0) is 30.4 Å². The molecule has 98 valence electrons. The maximum absolute atomic E-state index is 11.4. The summed E-state index contributed by atoms with van der Waals surface area (Å²) in [4.78, 5) is 25.6. The second-order valence-electron chi connectivity index (χ2n) is 4.42. The summed E-state index contributed by atoms with van der Waals surface area (Å²) in [5, 5.41) is 4.20. The third-order valence-electron chi connectivity index (χ3n) is 3.29. The molecule has 0 bridgehead atoms. The van der Waals surface area contributed by atoms with E-state index in [9.17, 15) is 9.59 Å². The quantitative estimate of drug-likeness (QED) is 0.865. The van der Waals surface area contributed by atoms with Crippen LogP contribution >= 0.6 is 11.3 Å². The highest BCUT2D eigenvalue weighted by atomic mass is 32.1. The van der Waals surface area contributed by atoms with E-state index in [-0.39, 0.29) is 5.91 Å². The maximum atomic E-state index is 11.4. The number of imide groups is 1. The van der Waals surface area contributed by atoms with Crippen LogP contribution in [0.1, 0.15) is 29.8 Å². The van der Waals surface area contributed by atoms with Crippen molar-refractivity contribution in [3.05, 3.63) is 21.9 Å². The molecule has 1 aromatic heterocycles. The zero-order valence-corrected chi connectivity index (χ0v) is 11.1. The fourth-order valence-corrected chi connectivity index (χ4v) is 3.27. The first-order chi connectivity index (χ1) is 8.58. The lowest BCUT2D eigenvalue weighted by Crippen LogP contribution is -2.39. The molecule has 0 aliphatic carbocycles. The molecule has 0 saturated heterocycles. The first kappa shape index (κ1) is 13.0. The van der Waals surface area contributed by atoms with Crippen molar-refractivity contribution >= 4 is 23.3 Å². The minimum absolute atomic E-state index is 0.298. The summed E-state index contributed by atoms with van der Waals surface area (Å²) >= 11 is 1.80. The predicted octanol–water partition coefficient (Wildman–Crippen LogP) is 1.25. The van der Waals surface area contributed by atoms with Gasteiger partial charge in [-0.2, -0.15) is 0 Å². The molecular weight excluding hydrogens is 250 g/mol. The van der Waals surface area contributed by atoms with E-state index in [0.29, 0.717) is 19.0 Å². The van der Waals surface area contributed by atoms with Gasteiger partial charge in [-0.25, -0.2) is 4.79 Å². The number of nitrogens with zero attached hydrogens (tertiary/aromatic N) is 1. The summed E-state index contributed by atoms with van der Waals surface area (Å²) in [5.41, 5.74) is 6.26. The van der Waals surface area contributed by atoms with Crippen molar-refractivity contribution < 1.29 is 9.59 Å². The second kappa shape index (κ2) is 5.49. The van der Waals surface area contributed by atoms with Crippen LogP contribution in [0.3, 0.4) is 0 Å². The molecule has 2 heterocycles. The van der Waals surface area contributed by atoms with Gasteiger partial charge >= 0.3 is 6.03 Å². The Labute approximate surface area is 110 Å². The number of carbonyl (C=O) groups is 2. The monoisotopic (exact) mass is 267 g/mol. The van der Waals surface area contributed by atoms with Crippen molar-refractivity contribution in [2.75, 3.05) is 13.1 Å². The Bertz CT molecular complexity index is 458. The van der Waals surface area contributed by atoms with Crippen molar-refractivity contribution in [3.63, 3.8) is 0 Å². The zero-order valence-electron chi connectivity index (χ0n) is 10.3. The normalized spacial score (nSPS) is 19.3. The van der Waals surface area contributed by atoms with Crippen molar-refractivity contribution in [2.24, 2.45) is 5.73 Å². The van der Waals surface area contributed by atoms with Crippen LogP contribution in [0.2, 0.25) is 0 Å². The number of nitrogens with one attached hydrogen (secondary N) is 1. The number of amides is 3. The van der Waals surface area contributed by atoms with E-state index in [1.807, 2.05) is 0 Å². The average molecular weight is 267 g/mol. The van der Waals surface area contributed by atoms with Crippen molar-refractivity contribution in [2.45, 2.75) is 25.8 Å². The highest BCUT2D eigenvalue weighted by Crippen LogP contribution is 2.32. The first-order valence-corrected chi connectivity index (χ1v) is 6.85. The molecule has 3 amide bonds. The van der Waals surface area contributed by atoms with Crippen LogP contribution in [0.4, 0.5) is 4.79 Å². The van der Waals surface area contributed by atoms with E-state index in [1.165, 1.54) is 10.4 Å². The number of hydrogen-bond acceptors (Lipinski definition) is 4. The van der Waals surface area contributed by atoms with Gasteiger partial charge in [0.2, 0.25) is 5.91 Å². The number of primary amides is 1. The molecule has 0 radical (unpaired) electrons. The van der Waals surface area contributed by atoms with Crippen LogP contribution in [0.25, 0.3) is 0 Å². The molecule has 0 saturated carbocycles. The van der Waals surface area contributed by atoms with Crippen LogP contribution in [-0.4, -0.2) is 29.9 Å². The van der Waals surface area contributed by atoms with E-state index in [1.54, 1.807) is 11.3 Å². The van der Waals surface area contributed by atoms with Gasteiger partial charge in [0.1, 0.15) is 0 Å². The number of urea groups is 1. The largest absolute Gasteiger partial charge is 0.351 e. The number of rotatable bonds is 3. The van der Waals surface area contributed by atoms with Gasteiger partial charge in [-0.1, -0.05) is 0 Å². The van der Waals surface area contributed by atoms with Gasteiger partial charge in [0.15, 0.2) is 0 Å². The summed E-state index contributed by atoms with van der Waals surface area (Å²) in [7, 11) is 0. The number of thiophene rings is 1. The molecule has 1 atom stereocenters. The third-order valence-corrected chi connectivity index (χ3v) is 4.29. The molecule has 2 rings (SSSR count). The fraction of sp³-hybridized carbons (Fsp3) is 0.500. The van der Waals surface area contributed by atoms with Gasteiger partial charge in [0, 0.05) is 30.4 Å². The van der Waals surface area contributed by atoms with Gasteiger partial charge in [0.25, 0.3) is 0 Å². The molecule has 18 heavy (non-hydrogen) atoms. The lowest BCUT2D eigenvalue weighted by molar-refractivity contribution is -0.120. The average Bonchev–Trinajstić information content (AvgIpc) is 2.76. The number of fused-ring (bicyclic) bond motifs is 1. The number of hydrogen-bond donors (Lipinski definition) is 2. The highest BCUT2D eigenvalue weighted by Gasteiger charge is 2.24. The molecular formula is C12H17N3O2S. The Balaban J connectivity index is 1.88. The summed E-state index contributed by atoms with van der Waals surface area (Å²) in [6.45, 7) is 3.75.